The standard InChI is InChI=1S/C15H17BrF3N/c1-20-14(10-5-3-2-4-6-10)11-7-8-13(16)12(9-11)15(17,18)19/h5,7-9,14,20H,2-4,6H2,1H3. The SMILES string of the molecule is CNC(C1=CCCCC1)c1ccc(Br)c(C(F)(F)F)c1. The second kappa shape index (κ2) is 6.31. The molecular formula is C15H17BrF3N. The van der Waals surface area contributed by atoms with Crippen LogP contribution in [0, 0.1) is 0 Å². The molecule has 0 amide bonds. The Morgan fingerprint density at radius 1 is 1.25 bits per heavy atom. The molecule has 0 bridgehead atoms. The number of allylic oxidation sites excluding steroid dienone is 1. The van der Waals surface area contributed by atoms with E-state index in [1.54, 1.807) is 13.1 Å². The van der Waals surface area contributed by atoms with Crippen LogP contribution >= 0.6 is 15.9 Å². The lowest BCUT2D eigenvalue weighted by molar-refractivity contribution is -0.138. The third-order valence-corrected chi connectivity index (χ3v) is 4.31. The molecule has 0 heterocycles. The minimum absolute atomic E-state index is 0.0845. The maximum Gasteiger partial charge on any atom is 0.417 e. The smallest absolute Gasteiger partial charge is 0.310 e. The van der Waals surface area contributed by atoms with Crippen molar-refractivity contribution in [2.75, 3.05) is 7.05 Å². The van der Waals surface area contributed by atoms with Crippen LogP contribution in [0.1, 0.15) is 42.9 Å². The van der Waals surface area contributed by atoms with Gasteiger partial charge in [-0.3, -0.25) is 0 Å². The molecule has 5 heteroatoms. The third-order valence-electron chi connectivity index (χ3n) is 3.61. The maximum atomic E-state index is 13.0. The van der Waals surface area contributed by atoms with Gasteiger partial charge in [0.2, 0.25) is 0 Å². The first kappa shape index (κ1) is 15.6. The van der Waals surface area contributed by atoms with Crippen LogP contribution in [0.25, 0.3) is 0 Å². The van der Waals surface area contributed by atoms with Crippen molar-refractivity contribution in [2.24, 2.45) is 0 Å². The van der Waals surface area contributed by atoms with Gasteiger partial charge in [-0.1, -0.05) is 33.6 Å². The number of hydrogen-bond donors (Lipinski definition) is 1. The van der Waals surface area contributed by atoms with Crippen molar-refractivity contribution in [1.29, 1.82) is 0 Å². The Kier molecular flexibility index (Phi) is 4.91. The summed E-state index contributed by atoms with van der Waals surface area (Å²) in [4.78, 5) is 0. The van der Waals surface area contributed by atoms with E-state index in [1.165, 1.54) is 17.7 Å². The molecule has 0 aliphatic heterocycles. The monoisotopic (exact) mass is 347 g/mol. The zero-order chi connectivity index (χ0) is 14.8. The number of rotatable bonds is 3. The van der Waals surface area contributed by atoms with Gasteiger partial charge < -0.3 is 5.32 Å². The number of nitrogens with one attached hydrogen (secondary N) is 1. The summed E-state index contributed by atoms with van der Waals surface area (Å²) >= 11 is 2.98. The summed E-state index contributed by atoms with van der Waals surface area (Å²) in [5.41, 5.74) is 1.23. The predicted molar refractivity (Wildman–Crippen MR) is 77.5 cm³/mol. The number of benzene rings is 1. The van der Waals surface area contributed by atoms with Gasteiger partial charge in [0, 0.05) is 4.47 Å². The fourth-order valence-electron chi connectivity index (χ4n) is 2.63. The zero-order valence-corrected chi connectivity index (χ0v) is 12.8. The Bertz CT molecular complexity index is 508. The minimum Gasteiger partial charge on any atom is -0.310 e. The molecule has 1 aliphatic rings. The van der Waals surface area contributed by atoms with Gasteiger partial charge >= 0.3 is 6.18 Å². The van der Waals surface area contributed by atoms with Crippen LogP contribution in [0.3, 0.4) is 0 Å². The van der Waals surface area contributed by atoms with Crippen molar-refractivity contribution in [3.8, 4) is 0 Å². The molecule has 1 N–H and O–H groups in total. The molecule has 1 nitrogen and oxygen atoms in total. The Hall–Kier alpha value is -0.810. The topological polar surface area (TPSA) is 12.0 Å². The quantitative estimate of drug-likeness (QED) is 0.738. The van der Waals surface area contributed by atoms with Crippen molar-refractivity contribution in [3.63, 3.8) is 0 Å². The number of halogens is 4. The zero-order valence-electron chi connectivity index (χ0n) is 11.2. The van der Waals surface area contributed by atoms with Crippen molar-refractivity contribution >= 4 is 15.9 Å². The van der Waals surface area contributed by atoms with E-state index in [9.17, 15) is 13.2 Å². The molecule has 1 unspecified atom stereocenters. The Morgan fingerprint density at radius 2 is 2.00 bits per heavy atom. The number of likely N-dealkylation sites (N-methyl/N-ethyl adjacent to an activating group) is 1. The average molecular weight is 348 g/mol. The van der Waals surface area contributed by atoms with E-state index in [-0.39, 0.29) is 10.5 Å². The van der Waals surface area contributed by atoms with Crippen molar-refractivity contribution in [2.45, 2.75) is 37.9 Å². The summed E-state index contributed by atoms with van der Waals surface area (Å²) in [6.45, 7) is 0. The summed E-state index contributed by atoms with van der Waals surface area (Å²) in [7, 11) is 1.79. The van der Waals surface area contributed by atoms with Crippen LogP contribution in [0.4, 0.5) is 13.2 Å². The number of hydrogen-bond acceptors (Lipinski definition) is 1. The highest BCUT2D eigenvalue weighted by Gasteiger charge is 2.33. The molecular weight excluding hydrogens is 331 g/mol. The van der Waals surface area contributed by atoms with Crippen molar-refractivity contribution in [3.05, 3.63) is 45.4 Å². The fraction of sp³-hybridized carbons (Fsp3) is 0.467. The summed E-state index contributed by atoms with van der Waals surface area (Å²) < 4.78 is 39.0. The van der Waals surface area contributed by atoms with E-state index >= 15 is 0 Å². The van der Waals surface area contributed by atoms with Crippen LogP contribution in [-0.2, 0) is 6.18 Å². The van der Waals surface area contributed by atoms with Crippen LogP contribution in [0.15, 0.2) is 34.3 Å². The number of alkyl halides is 3. The predicted octanol–water partition coefficient (Wildman–Crippen LogP) is 5.23. The second-order valence-electron chi connectivity index (χ2n) is 4.98. The highest BCUT2D eigenvalue weighted by atomic mass is 79.9. The van der Waals surface area contributed by atoms with Crippen LogP contribution in [0.5, 0.6) is 0 Å². The molecule has 20 heavy (non-hydrogen) atoms. The summed E-state index contributed by atoms with van der Waals surface area (Å²) in [6.07, 6.45) is 2.04. The van der Waals surface area contributed by atoms with Gasteiger partial charge in [0.1, 0.15) is 0 Å². The highest BCUT2D eigenvalue weighted by Crippen LogP contribution is 2.38. The Morgan fingerprint density at radius 3 is 2.55 bits per heavy atom. The van der Waals surface area contributed by atoms with E-state index in [2.05, 4.69) is 27.3 Å². The molecule has 0 saturated carbocycles. The molecule has 110 valence electrons. The molecule has 1 atom stereocenters. The van der Waals surface area contributed by atoms with Gasteiger partial charge in [0.15, 0.2) is 0 Å². The van der Waals surface area contributed by atoms with Gasteiger partial charge in [0.25, 0.3) is 0 Å². The van der Waals surface area contributed by atoms with Gasteiger partial charge in [0.05, 0.1) is 11.6 Å². The first-order valence-corrected chi connectivity index (χ1v) is 7.45. The highest BCUT2D eigenvalue weighted by molar-refractivity contribution is 9.10. The summed E-state index contributed by atoms with van der Waals surface area (Å²) in [6, 6.07) is 4.33. The summed E-state index contributed by atoms with van der Waals surface area (Å²) in [5.74, 6) is 0. The van der Waals surface area contributed by atoms with Crippen LogP contribution in [-0.4, -0.2) is 7.05 Å². The van der Waals surface area contributed by atoms with E-state index in [0.29, 0.717) is 5.56 Å². The lowest BCUT2D eigenvalue weighted by atomic mass is 9.89. The average Bonchev–Trinajstić information content (AvgIpc) is 2.41. The molecule has 0 fully saturated rings. The first-order chi connectivity index (χ1) is 9.43. The van der Waals surface area contributed by atoms with Gasteiger partial charge in [-0.25, -0.2) is 0 Å². The lowest BCUT2D eigenvalue weighted by Crippen LogP contribution is -2.20. The maximum absolute atomic E-state index is 13.0. The van der Waals surface area contributed by atoms with E-state index in [4.69, 9.17) is 0 Å². The first-order valence-electron chi connectivity index (χ1n) is 6.66. The molecule has 0 radical (unpaired) electrons. The van der Waals surface area contributed by atoms with Crippen molar-refractivity contribution < 1.29 is 13.2 Å². The minimum atomic E-state index is -4.34. The van der Waals surface area contributed by atoms with E-state index < -0.39 is 11.7 Å². The normalized spacial score (nSPS) is 17.8. The molecule has 0 saturated heterocycles. The summed E-state index contributed by atoms with van der Waals surface area (Å²) in [5, 5.41) is 3.14. The van der Waals surface area contributed by atoms with Crippen molar-refractivity contribution in [1.82, 2.24) is 5.32 Å². The molecule has 1 aromatic carbocycles. The van der Waals surface area contributed by atoms with Gasteiger partial charge in [-0.05, 0) is 50.4 Å². The second-order valence-corrected chi connectivity index (χ2v) is 5.84. The Balaban J connectivity index is 2.38. The molecule has 1 aromatic rings. The Labute approximate surface area is 125 Å². The molecule has 0 aromatic heterocycles. The van der Waals surface area contributed by atoms with Gasteiger partial charge in [-0.15, -0.1) is 0 Å². The van der Waals surface area contributed by atoms with Gasteiger partial charge in [-0.2, -0.15) is 13.2 Å². The third kappa shape index (κ3) is 3.44. The van der Waals surface area contributed by atoms with Crippen LogP contribution < -0.4 is 5.32 Å². The van der Waals surface area contributed by atoms with Crippen LogP contribution in [0.2, 0.25) is 0 Å². The van der Waals surface area contributed by atoms with E-state index in [0.717, 1.165) is 25.7 Å². The van der Waals surface area contributed by atoms with E-state index in [1.807, 2.05) is 0 Å². The fourth-order valence-corrected chi connectivity index (χ4v) is 3.10. The largest absolute Gasteiger partial charge is 0.417 e. The molecule has 1 aliphatic carbocycles. The molecule has 2 rings (SSSR count). The lowest BCUT2D eigenvalue weighted by Gasteiger charge is -2.24. The molecule has 0 spiro atoms.